The summed E-state index contributed by atoms with van der Waals surface area (Å²) in [6.07, 6.45) is 3.36. The zero-order valence-corrected chi connectivity index (χ0v) is 20.3. The predicted octanol–water partition coefficient (Wildman–Crippen LogP) is 6.26. The van der Waals surface area contributed by atoms with E-state index in [1.807, 2.05) is 56.3 Å². The summed E-state index contributed by atoms with van der Waals surface area (Å²) in [4.78, 5) is 23.5. The second-order valence-electron chi connectivity index (χ2n) is 10.3. The molecular formula is C28H32N4O2. The minimum absolute atomic E-state index is 0.109. The molecule has 4 rings (SSSR count). The van der Waals surface area contributed by atoms with Crippen LogP contribution in [0.15, 0.2) is 67.0 Å². The average Bonchev–Trinajstić information content (AvgIpc) is 3.27. The molecule has 2 aromatic heterocycles. The number of ether oxygens (including phenoxy) is 1. The van der Waals surface area contributed by atoms with Gasteiger partial charge in [-0.25, -0.2) is 9.97 Å². The fourth-order valence-electron chi connectivity index (χ4n) is 4.35. The van der Waals surface area contributed by atoms with Gasteiger partial charge >= 0.3 is 0 Å². The molecule has 0 fully saturated rings. The summed E-state index contributed by atoms with van der Waals surface area (Å²) in [6, 6.07) is 20.3. The fourth-order valence-corrected chi connectivity index (χ4v) is 4.35. The molecule has 4 aromatic rings. The van der Waals surface area contributed by atoms with Gasteiger partial charge in [0, 0.05) is 17.7 Å². The minimum Gasteiger partial charge on any atom is -0.493 e. The molecule has 0 saturated carbocycles. The van der Waals surface area contributed by atoms with Crippen LogP contribution in [0, 0.1) is 10.8 Å². The fraction of sp³-hybridized carbons (Fsp3) is 0.321. The number of aromatic amines is 1. The molecule has 0 bridgehead atoms. The highest BCUT2D eigenvalue weighted by Gasteiger charge is 2.29. The van der Waals surface area contributed by atoms with Crippen molar-refractivity contribution in [3.8, 4) is 17.0 Å². The summed E-state index contributed by atoms with van der Waals surface area (Å²) in [5, 5.41) is 4.37. The van der Waals surface area contributed by atoms with E-state index in [2.05, 4.69) is 52.3 Å². The topological polar surface area (TPSA) is 79.9 Å². The van der Waals surface area contributed by atoms with E-state index in [1.165, 1.54) is 5.56 Å². The van der Waals surface area contributed by atoms with Crippen LogP contribution in [-0.4, -0.2) is 27.8 Å². The number of nitrogens with zero attached hydrogens (tertiary/aromatic N) is 2. The molecule has 34 heavy (non-hydrogen) atoms. The Labute approximate surface area is 200 Å². The van der Waals surface area contributed by atoms with Crippen molar-refractivity contribution >= 4 is 23.1 Å². The molecule has 2 heterocycles. The van der Waals surface area contributed by atoms with Crippen LogP contribution in [-0.2, 0) is 11.3 Å². The Morgan fingerprint density at radius 2 is 1.74 bits per heavy atom. The second-order valence-corrected chi connectivity index (χ2v) is 10.3. The zero-order valence-electron chi connectivity index (χ0n) is 20.3. The van der Waals surface area contributed by atoms with E-state index < -0.39 is 0 Å². The third-order valence-corrected chi connectivity index (χ3v) is 5.78. The van der Waals surface area contributed by atoms with Crippen molar-refractivity contribution in [3.05, 3.63) is 72.6 Å². The van der Waals surface area contributed by atoms with Crippen molar-refractivity contribution < 1.29 is 9.53 Å². The van der Waals surface area contributed by atoms with E-state index in [9.17, 15) is 4.79 Å². The van der Waals surface area contributed by atoms with Crippen LogP contribution in [0.1, 0.15) is 39.7 Å². The van der Waals surface area contributed by atoms with Gasteiger partial charge in [0.2, 0.25) is 0 Å². The van der Waals surface area contributed by atoms with Crippen LogP contribution in [0.4, 0.5) is 5.82 Å². The van der Waals surface area contributed by atoms with E-state index >= 15 is 0 Å². The molecule has 6 nitrogen and oxygen atoms in total. The lowest BCUT2D eigenvalue weighted by atomic mass is 9.76. The van der Waals surface area contributed by atoms with Crippen LogP contribution < -0.4 is 10.1 Å². The lowest BCUT2D eigenvalue weighted by Gasteiger charge is -2.31. The van der Waals surface area contributed by atoms with Gasteiger partial charge in [0.25, 0.3) is 0 Å². The molecule has 2 aromatic carbocycles. The number of carbonyl (C=O) groups excluding carboxylic acids is 1. The predicted molar refractivity (Wildman–Crippen MR) is 137 cm³/mol. The van der Waals surface area contributed by atoms with Gasteiger partial charge in [0.05, 0.1) is 12.0 Å². The highest BCUT2D eigenvalue weighted by atomic mass is 16.5. The summed E-state index contributed by atoms with van der Waals surface area (Å²) >= 11 is 0. The first-order valence-electron chi connectivity index (χ1n) is 11.6. The molecule has 0 atom stereocenters. The van der Waals surface area contributed by atoms with Crippen molar-refractivity contribution in [2.24, 2.45) is 10.8 Å². The average molecular weight is 457 g/mol. The van der Waals surface area contributed by atoms with Crippen LogP contribution in [0.25, 0.3) is 22.3 Å². The molecule has 176 valence electrons. The number of aromatic nitrogens is 3. The normalized spacial score (nSPS) is 12.0. The first kappa shape index (κ1) is 23.5. The van der Waals surface area contributed by atoms with Crippen molar-refractivity contribution in [3.63, 3.8) is 0 Å². The maximum atomic E-state index is 11.3. The van der Waals surface area contributed by atoms with Gasteiger partial charge in [0.1, 0.15) is 29.8 Å². The van der Waals surface area contributed by atoms with E-state index in [0.29, 0.717) is 13.2 Å². The van der Waals surface area contributed by atoms with Crippen LogP contribution >= 0.6 is 0 Å². The van der Waals surface area contributed by atoms with Crippen molar-refractivity contribution in [2.45, 2.75) is 40.7 Å². The number of hydrogen-bond donors (Lipinski definition) is 2. The maximum absolute atomic E-state index is 11.3. The molecule has 0 aliphatic carbocycles. The Balaban J connectivity index is 1.44. The number of aldehydes is 1. The number of anilines is 1. The number of nitrogens with one attached hydrogen (secondary N) is 2. The van der Waals surface area contributed by atoms with E-state index in [0.717, 1.165) is 46.6 Å². The summed E-state index contributed by atoms with van der Waals surface area (Å²) in [6.45, 7) is 9.42. The van der Waals surface area contributed by atoms with Crippen molar-refractivity contribution in [1.82, 2.24) is 15.0 Å². The van der Waals surface area contributed by atoms with Gasteiger partial charge in [-0.1, -0.05) is 58.0 Å². The SMILES string of the molecule is CC(C)(C=O)CC(C)(C)COc1ccc(-c2cc3c(NCc4ccccc4)ncnc3[nH]2)cc1. The Bertz CT molecular complexity index is 1240. The molecular weight excluding hydrogens is 424 g/mol. The quantitative estimate of drug-likeness (QED) is 0.275. The van der Waals surface area contributed by atoms with Gasteiger partial charge in [-0.05, 0) is 53.3 Å². The number of hydrogen-bond acceptors (Lipinski definition) is 5. The molecule has 0 unspecified atom stereocenters. The second kappa shape index (κ2) is 9.67. The molecule has 0 aliphatic heterocycles. The van der Waals surface area contributed by atoms with E-state index in [1.54, 1.807) is 6.33 Å². The third kappa shape index (κ3) is 5.81. The van der Waals surface area contributed by atoms with Gasteiger partial charge < -0.3 is 19.8 Å². The Morgan fingerprint density at radius 3 is 2.44 bits per heavy atom. The standard InChI is InChI=1S/C28H32N4O2/c1-27(2,17-33)16-28(3,4)18-34-22-12-10-21(11-13-22)24-14-23-25(30-19-31-26(23)32-24)29-15-20-8-6-5-7-9-20/h5-14,17,19H,15-16,18H2,1-4H3,(H2,29,30,31,32). The molecule has 0 saturated heterocycles. The number of benzene rings is 2. The number of rotatable bonds is 10. The summed E-state index contributed by atoms with van der Waals surface area (Å²) in [5.41, 5.74) is 3.53. The van der Waals surface area contributed by atoms with Gasteiger partial charge in [-0.15, -0.1) is 0 Å². The monoisotopic (exact) mass is 456 g/mol. The number of H-pyrrole nitrogens is 1. The van der Waals surface area contributed by atoms with Crippen LogP contribution in [0.5, 0.6) is 5.75 Å². The first-order valence-corrected chi connectivity index (χ1v) is 11.6. The number of carbonyl (C=O) groups is 1. The van der Waals surface area contributed by atoms with Crippen LogP contribution in [0.2, 0.25) is 0 Å². The first-order chi connectivity index (χ1) is 16.2. The van der Waals surface area contributed by atoms with E-state index in [4.69, 9.17) is 4.74 Å². The molecule has 0 radical (unpaired) electrons. The van der Waals surface area contributed by atoms with Crippen LogP contribution in [0.3, 0.4) is 0 Å². The molecule has 0 spiro atoms. The lowest BCUT2D eigenvalue weighted by Crippen LogP contribution is -2.29. The summed E-state index contributed by atoms with van der Waals surface area (Å²) < 4.78 is 6.05. The Kier molecular flexibility index (Phi) is 6.68. The van der Waals surface area contributed by atoms with E-state index in [-0.39, 0.29) is 10.8 Å². The zero-order chi connectivity index (χ0) is 24.2. The highest BCUT2D eigenvalue weighted by molar-refractivity contribution is 5.91. The highest BCUT2D eigenvalue weighted by Crippen LogP contribution is 2.33. The third-order valence-electron chi connectivity index (χ3n) is 5.78. The van der Waals surface area contributed by atoms with Gasteiger partial charge in [-0.3, -0.25) is 0 Å². The van der Waals surface area contributed by atoms with Gasteiger partial charge in [-0.2, -0.15) is 0 Å². The Morgan fingerprint density at radius 1 is 1.00 bits per heavy atom. The Hall–Kier alpha value is -3.67. The minimum atomic E-state index is -0.357. The maximum Gasteiger partial charge on any atom is 0.143 e. The molecule has 6 heteroatoms. The number of fused-ring (bicyclic) bond motifs is 1. The molecule has 0 aliphatic rings. The largest absolute Gasteiger partial charge is 0.493 e. The summed E-state index contributed by atoms with van der Waals surface area (Å²) in [7, 11) is 0. The molecule has 2 N–H and O–H groups in total. The molecule has 0 amide bonds. The lowest BCUT2D eigenvalue weighted by molar-refractivity contribution is -0.116. The van der Waals surface area contributed by atoms with Crippen molar-refractivity contribution in [2.75, 3.05) is 11.9 Å². The van der Waals surface area contributed by atoms with Gasteiger partial charge in [0.15, 0.2) is 0 Å². The summed E-state index contributed by atoms with van der Waals surface area (Å²) in [5.74, 6) is 1.61. The smallest absolute Gasteiger partial charge is 0.143 e. The van der Waals surface area contributed by atoms with Crippen molar-refractivity contribution in [1.29, 1.82) is 0 Å².